The highest BCUT2D eigenvalue weighted by Gasteiger charge is 2.38. The van der Waals surface area contributed by atoms with E-state index in [1.807, 2.05) is 20.8 Å². The molecule has 4 rings (SSSR count). The van der Waals surface area contributed by atoms with Crippen molar-refractivity contribution in [2.45, 2.75) is 52.4 Å². The van der Waals surface area contributed by atoms with Gasteiger partial charge in [-0.1, -0.05) is 38.1 Å². The third-order valence-corrected chi connectivity index (χ3v) is 5.99. The fourth-order valence-electron chi connectivity index (χ4n) is 4.14. The van der Waals surface area contributed by atoms with E-state index in [1.165, 1.54) is 21.7 Å². The molecule has 1 heterocycles. The van der Waals surface area contributed by atoms with Crippen LogP contribution in [0.25, 0.3) is 10.8 Å². The summed E-state index contributed by atoms with van der Waals surface area (Å²) in [5.74, 6) is -0.192. The number of hydrogen-bond acceptors (Lipinski definition) is 3. The van der Waals surface area contributed by atoms with E-state index in [0.29, 0.717) is 17.3 Å². The molecular weight excluding hydrogens is 431 g/mol. The summed E-state index contributed by atoms with van der Waals surface area (Å²) in [6, 6.07) is 11.2. The first-order chi connectivity index (χ1) is 15.6. The Morgan fingerprint density at radius 1 is 1.09 bits per heavy atom. The Hall–Kier alpha value is -3.16. The maximum atomic E-state index is 13.9. The Bertz CT molecular complexity index is 1250. The van der Waals surface area contributed by atoms with E-state index in [-0.39, 0.29) is 34.8 Å². The zero-order valence-electron chi connectivity index (χ0n) is 18.8. The average Bonchev–Trinajstić information content (AvgIpc) is 3.61. The van der Waals surface area contributed by atoms with Gasteiger partial charge in [-0.3, -0.25) is 9.59 Å². The number of hydrogen-bond donors (Lipinski definition) is 0. The van der Waals surface area contributed by atoms with E-state index in [1.54, 1.807) is 24.3 Å². The molecule has 1 fully saturated rings. The van der Waals surface area contributed by atoms with Crippen LogP contribution >= 0.6 is 0 Å². The molecule has 1 atom stereocenters. The Morgan fingerprint density at radius 3 is 2.36 bits per heavy atom. The first kappa shape index (κ1) is 23.0. The number of aromatic nitrogens is 2. The average molecular weight is 457 g/mol. The molecule has 0 saturated heterocycles. The van der Waals surface area contributed by atoms with Crippen molar-refractivity contribution in [1.29, 1.82) is 0 Å². The van der Waals surface area contributed by atoms with Crippen LogP contribution in [0.4, 0.5) is 18.9 Å². The maximum absolute atomic E-state index is 13.9. The van der Waals surface area contributed by atoms with Crippen LogP contribution in [0.1, 0.15) is 49.7 Å². The quantitative estimate of drug-likeness (QED) is 0.490. The van der Waals surface area contributed by atoms with Gasteiger partial charge in [-0.2, -0.15) is 18.3 Å². The predicted molar refractivity (Wildman–Crippen MR) is 121 cm³/mol. The third kappa shape index (κ3) is 4.65. The Balaban J connectivity index is 1.89. The van der Waals surface area contributed by atoms with E-state index >= 15 is 0 Å². The number of carbonyl (C=O) groups excluding carboxylic acids is 1. The van der Waals surface area contributed by atoms with E-state index in [4.69, 9.17) is 0 Å². The van der Waals surface area contributed by atoms with Crippen LogP contribution in [0.15, 0.2) is 53.3 Å². The molecule has 0 radical (unpaired) electrons. The molecule has 2 aromatic carbocycles. The predicted octanol–water partition coefficient (Wildman–Crippen LogP) is 5.52. The fourth-order valence-corrected chi connectivity index (χ4v) is 4.14. The molecule has 1 aliphatic rings. The summed E-state index contributed by atoms with van der Waals surface area (Å²) < 4.78 is 41.5. The van der Waals surface area contributed by atoms with Crippen LogP contribution in [-0.2, 0) is 12.7 Å². The normalized spacial score (nSPS) is 15.1. The van der Waals surface area contributed by atoms with Gasteiger partial charge in [0, 0.05) is 23.7 Å². The lowest BCUT2D eigenvalue weighted by atomic mass is 10.1. The molecule has 1 saturated carbocycles. The van der Waals surface area contributed by atoms with Crippen molar-refractivity contribution >= 4 is 22.4 Å². The second-order valence-corrected chi connectivity index (χ2v) is 9.08. The van der Waals surface area contributed by atoms with Gasteiger partial charge in [-0.05, 0) is 55.9 Å². The monoisotopic (exact) mass is 457 g/mol. The third-order valence-electron chi connectivity index (χ3n) is 5.99. The van der Waals surface area contributed by atoms with E-state index in [9.17, 15) is 22.8 Å². The lowest BCUT2D eigenvalue weighted by Crippen LogP contribution is -2.42. The van der Waals surface area contributed by atoms with Crippen molar-refractivity contribution < 1.29 is 18.0 Å². The van der Waals surface area contributed by atoms with Crippen LogP contribution in [0.2, 0.25) is 0 Å². The number of rotatable bonds is 6. The summed E-state index contributed by atoms with van der Waals surface area (Å²) >= 11 is 0. The van der Waals surface area contributed by atoms with Crippen LogP contribution in [-0.4, -0.2) is 21.7 Å². The summed E-state index contributed by atoms with van der Waals surface area (Å²) in [5, 5.41) is 5.17. The first-order valence-electron chi connectivity index (χ1n) is 11.1. The minimum absolute atomic E-state index is 0.0655. The molecule has 174 valence electrons. The van der Waals surface area contributed by atoms with Gasteiger partial charge < -0.3 is 4.90 Å². The van der Waals surface area contributed by atoms with Gasteiger partial charge in [-0.15, -0.1) is 0 Å². The van der Waals surface area contributed by atoms with Gasteiger partial charge >= 0.3 is 6.18 Å². The van der Waals surface area contributed by atoms with E-state index in [0.717, 1.165) is 25.0 Å². The number of alkyl halides is 3. The smallest absolute Gasteiger partial charge is 0.304 e. The lowest BCUT2D eigenvalue weighted by Gasteiger charge is -2.30. The molecule has 33 heavy (non-hydrogen) atoms. The second-order valence-electron chi connectivity index (χ2n) is 9.08. The highest BCUT2D eigenvalue weighted by molar-refractivity contribution is 6.12. The maximum Gasteiger partial charge on any atom is 0.416 e. The molecule has 3 aromatic rings. The standard InChI is InChI=1S/C25H26F3N3O2/c1-15(2)14-30-23(32)21-10-5-4-9-20(21)22(29-30)24(33)31(16(3)17-11-12-17)19-8-6-7-18(13-19)25(26,27)28/h4-10,13,15-17H,11-12,14H2,1-3H3. The topological polar surface area (TPSA) is 55.2 Å². The highest BCUT2D eigenvalue weighted by atomic mass is 19.4. The number of carbonyl (C=O) groups is 1. The molecule has 0 aliphatic heterocycles. The van der Waals surface area contributed by atoms with Gasteiger partial charge in [0.2, 0.25) is 0 Å². The molecule has 0 bridgehead atoms. The molecule has 1 unspecified atom stereocenters. The number of halogens is 3. The molecule has 1 aliphatic carbocycles. The Kier molecular flexibility index (Phi) is 6.03. The molecular formula is C25H26F3N3O2. The molecule has 0 N–H and O–H groups in total. The number of benzene rings is 2. The number of amides is 1. The fraction of sp³-hybridized carbons (Fsp3) is 0.400. The largest absolute Gasteiger partial charge is 0.416 e. The lowest BCUT2D eigenvalue weighted by molar-refractivity contribution is -0.137. The summed E-state index contributed by atoms with van der Waals surface area (Å²) in [6.45, 7) is 6.05. The van der Waals surface area contributed by atoms with Crippen molar-refractivity contribution in [3.05, 3.63) is 70.1 Å². The minimum Gasteiger partial charge on any atom is -0.304 e. The van der Waals surface area contributed by atoms with Crippen LogP contribution < -0.4 is 10.5 Å². The van der Waals surface area contributed by atoms with Crippen LogP contribution in [0, 0.1) is 11.8 Å². The minimum atomic E-state index is -4.52. The van der Waals surface area contributed by atoms with E-state index < -0.39 is 17.6 Å². The van der Waals surface area contributed by atoms with Crippen molar-refractivity contribution in [3.63, 3.8) is 0 Å². The molecule has 5 nitrogen and oxygen atoms in total. The zero-order chi connectivity index (χ0) is 23.9. The summed E-state index contributed by atoms with van der Waals surface area (Å²) in [6.07, 6.45) is -2.71. The second kappa shape index (κ2) is 8.65. The Morgan fingerprint density at radius 2 is 1.76 bits per heavy atom. The number of nitrogens with zero attached hydrogens (tertiary/aromatic N) is 3. The van der Waals surface area contributed by atoms with Crippen molar-refractivity contribution in [3.8, 4) is 0 Å². The summed E-state index contributed by atoms with van der Waals surface area (Å²) in [7, 11) is 0. The van der Waals surface area contributed by atoms with Crippen LogP contribution in [0.3, 0.4) is 0 Å². The number of fused-ring (bicyclic) bond motifs is 1. The first-order valence-corrected chi connectivity index (χ1v) is 11.1. The number of anilines is 1. The zero-order valence-corrected chi connectivity index (χ0v) is 18.8. The molecule has 0 spiro atoms. The van der Waals surface area contributed by atoms with Gasteiger partial charge in [0.25, 0.3) is 11.5 Å². The highest BCUT2D eigenvalue weighted by Crippen LogP contribution is 2.39. The molecule has 1 amide bonds. The van der Waals surface area contributed by atoms with Gasteiger partial charge in [-0.25, -0.2) is 4.68 Å². The van der Waals surface area contributed by atoms with Crippen molar-refractivity contribution in [1.82, 2.24) is 9.78 Å². The van der Waals surface area contributed by atoms with Gasteiger partial charge in [0.1, 0.15) is 0 Å². The molecule has 1 aromatic heterocycles. The van der Waals surface area contributed by atoms with Gasteiger partial charge in [0.15, 0.2) is 5.69 Å². The van der Waals surface area contributed by atoms with Crippen LogP contribution in [0.5, 0.6) is 0 Å². The molecule has 8 heteroatoms. The van der Waals surface area contributed by atoms with Crippen molar-refractivity contribution in [2.75, 3.05) is 4.90 Å². The van der Waals surface area contributed by atoms with Crippen molar-refractivity contribution in [2.24, 2.45) is 11.8 Å². The van der Waals surface area contributed by atoms with Gasteiger partial charge in [0.05, 0.1) is 10.9 Å². The summed E-state index contributed by atoms with van der Waals surface area (Å²) in [4.78, 5) is 28.3. The SMILES string of the molecule is CC(C)Cn1nc(C(=O)N(c2cccc(C(F)(F)F)c2)C(C)C2CC2)c2ccccc2c1=O. The Labute approximate surface area is 189 Å². The van der Waals surface area contributed by atoms with E-state index in [2.05, 4.69) is 5.10 Å². The summed E-state index contributed by atoms with van der Waals surface area (Å²) in [5.41, 5.74) is -0.877.